The van der Waals surface area contributed by atoms with Crippen LogP contribution in [0.2, 0.25) is 0 Å². The highest BCUT2D eigenvalue weighted by atomic mass is 19.1. The number of hydrogen-bond donors (Lipinski definition) is 2. The molecule has 2 N–H and O–H groups in total. The molecule has 2 amide bonds. The minimum Gasteiger partial charge on any atom is -0.363 e. The lowest BCUT2D eigenvalue weighted by atomic mass is 10.1. The Labute approximate surface area is 210 Å². The van der Waals surface area contributed by atoms with E-state index in [0.29, 0.717) is 42.2 Å². The first-order valence-corrected chi connectivity index (χ1v) is 11.8. The van der Waals surface area contributed by atoms with Gasteiger partial charge in [-0.3, -0.25) is 14.9 Å². The van der Waals surface area contributed by atoms with E-state index in [1.54, 1.807) is 47.1 Å². The van der Waals surface area contributed by atoms with Crippen LogP contribution in [-0.4, -0.2) is 54.4 Å². The summed E-state index contributed by atoms with van der Waals surface area (Å²) in [6.45, 7) is 2.67. The monoisotopic (exact) mass is 506 g/mol. The van der Waals surface area contributed by atoms with E-state index in [2.05, 4.69) is 30.7 Å². The van der Waals surface area contributed by atoms with Crippen LogP contribution in [-0.2, 0) is 9.59 Å². The second-order valence-corrected chi connectivity index (χ2v) is 8.72. The van der Waals surface area contributed by atoms with Gasteiger partial charge >= 0.3 is 0 Å². The second kappa shape index (κ2) is 10.2. The zero-order valence-corrected chi connectivity index (χ0v) is 20.0. The molecule has 5 rings (SSSR count). The van der Waals surface area contributed by atoms with Crippen LogP contribution < -0.4 is 10.6 Å². The highest BCUT2D eigenvalue weighted by Gasteiger charge is 2.21. The molecule has 10 nitrogen and oxygen atoms in total. The zero-order valence-electron chi connectivity index (χ0n) is 20.0. The molecular formula is C25H24F2N8O2. The molecule has 37 heavy (non-hydrogen) atoms. The maximum Gasteiger partial charge on any atom is 0.231 e. The molecule has 0 spiro atoms. The minimum absolute atomic E-state index is 0.0276. The summed E-state index contributed by atoms with van der Waals surface area (Å²) in [5.41, 5.74) is 1.84. The predicted octanol–water partition coefficient (Wildman–Crippen LogP) is 3.59. The molecule has 1 aliphatic heterocycles. The molecular weight excluding hydrogens is 482 g/mol. The SMILES string of the molecule is CC(Nc1cc(-c2cnn3cccnc23)nc(NC(=O)CCN2CCCC2=O)n1)c1ccc(F)cc1F. The molecule has 0 aliphatic carbocycles. The number of hydrogen-bond acceptors (Lipinski definition) is 7. The molecule has 1 saturated heterocycles. The Bertz CT molecular complexity index is 1470. The topological polar surface area (TPSA) is 117 Å². The quantitative estimate of drug-likeness (QED) is 0.375. The van der Waals surface area contributed by atoms with Crippen molar-refractivity contribution in [2.75, 3.05) is 23.7 Å². The number of benzene rings is 1. The Hall–Kier alpha value is -4.48. The smallest absolute Gasteiger partial charge is 0.231 e. The number of anilines is 2. The van der Waals surface area contributed by atoms with E-state index in [9.17, 15) is 18.4 Å². The summed E-state index contributed by atoms with van der Waals surface area (Å²) < 4.78 is 29.3. The molecule has 1 fully saturated rings. The van der Waals surface area contributed by atoms with Crippen molar-refractivity contribution in [2.45, 2.75) is 32.2 Å². The van der Waals surface area contributed by atoms with Gasteiger partial charge in [0.2, 0.25) is 17.8 Å². The molecule has 1 atom stereocenters. The van der Waals surface area contributed by atoms with Gasteiger partial charge in [0.25, 0.3) is 0 Å². The largest absolute Gasteiger partial charge is 0.363 e. The molecule has 1 aliphatic rings. The summed E-state index contributed by atoms with van der Waals surface area (Å²) in [4.78, 5) is 39.4. The second-order valence-electron chi connectivity index (χ2n) is 8.72. The van der Waals surface area contributed by atoms with Crippen molar-refractivity contribution in [3.05, 3.63) is 66.1 Å². The van der Waals surface area contributed by atoms with Crippen molar-refractivity contribution in [3.8, 4) is 11.3 Å². The van der Waals surface area contributed by atoms with Gasteiger partial charge in [0, 0.05) is 56.0 Å². The lowest BCUT2D eigenvalue weighted by molar-refractivity contribution is -0.128. The number of nitrogens with one attached hydrogen (secondary N) is 2. The third-order valence-electron chi connectivity index (χ3n) is 6.11. The van der Waals surface area contributed by atoms with Crippen LogP contribution in [0.3, 0.4) is 0 Å². The molecule has 4 aromatic rings. The number of rotatable bonds is 8. The van der Waals surface area contributed by atoms with Crippen LogP contribution in [0.5, 0.6) is 0 Å². The first-order valence-electron chi connectivity index (χ1n) is 11.8. The van der Waals surface area contributed by atoms with Gasteiger partial charge in [0.1, 0.15) is 17.5 Å². The molecule has 3 aromatic heterocycles. The normalized spacial score (nSPS) is 14.2. The average Bonchev–Trinajstić information content (AvgIpc) is 3.48. The number of likely N-dealkylation sites (tertiary alicyclic amines) is 1. The highest BCUT2D eigenvalue weighted by Crippen LogP contribution is 2.27. The van der Waals surface area contributed by atoms with Crippen LogP contribution in [0.1, 0.15) is 37.8 Å². The van der Waals surface area contributed by atoms with E-state index in [-0.39, 0.29) is 29.7 Å². The van der Waals surface area contributed by atoms with E-state index in [0.717, 1.165) is 12.5 Å². The van der Waals surface area contributed by atoms with Crippen LogP contribution in [0.25, 0.3) is 16.9 Å². The predicted molar refractivity (Wildman–Crippen MR) is 131 cm³/mol. The summed E-state index contributed by atoms with van der Waals surface area (Å²) >= 11 is 0. The van der Waals surface area contributed by atoms with Crippen molar-refractivity contribution in [1.29, 1.82) is 0 Å². The van der Waals surface area contributed by atoms with Crippen molar-refractivity contribution >= 4 is 29.2 Å². The standard InChI is InChI=1S/C25H24F2N8O2/c1-15(17-6-5-16(26)12-19(17)27)30-21-13-20(18-14-29-35-10-3-8-28-24(18)35)31-25(32-21)33-22(36)7-11-34-9-2-4-23(34)37/h3,5-6,8,10,12-15H,2,4,7,9,11H2,1H3,(H2,30,31,32,33,36). The van der Waals surface area contributed by atoms with E-state index in [1.807, 2.05) is 0 Å². The first-order chi connectivity index (χ1) is 17.9. The lowest BCUT2D eigenvalue weighted by Gasteiger charge is -2.17. The maximum absolute atomic E-state index is 14.4. The number of fused-ring (bicyclic) bond motifs is 1. The molecule has 0 radical (unpaired) electrons. The third kappa shape index (κ3) is 5.37. The summed E-state index contributed by atoms with van der Waals surface area (Å²) in [6, 6.07) is 6.18. The summed E-state index contributed by atoms with van der Waals surface area (Å²) in [7, 11) is 0. The van der Waals surface area contributed by atoms with E-state index < -0.39 is 17.7 Å². The van der Waals surface area contributed by atoms with Crippen LogP contribution in [0, 0.1) is 11.6 Å². The van der Waals surface area contributed by atoms with Gasteiger partial charge < -0.3 is 10.2 Å². The number of amides is 2. The fourth-order valence-corrected chi connectivity index (χ4v) is 4.24. The summed E-state index contributed by atoms with van der Waals surface area (Å²) in [6.07, 6.45) is 6.36. The lowest BCUT2D eigenvalue weighted by Crippen LogP contribution is -2.29. The van der Waals surface area contributed by atoms with E-state index in [4.69, 9.17) is 0 Å². The summed E-state index contributed by atoms with van der Waals surface area (Å²) in [5.74, 6) is -1.33. The first kappa shape index (κ1) is 24.2. The van der Waals surface area contributed by atoms with Gasteiger partial charge in [-0.05, 0) is 25.5 Å². The van der Waals surface area contributed by atoms with Gasteiger partial charge in [0.05, 0.1) is 23.5 Å². The van der Waals surface area contributed by atoms with Gasteiger partial charge in [-0.15, -0.1) is 0 Å². The van der Waals surface area contributed by atoms with Crippen molar-refractivity contribution in [2.24, 2.45) is 0 Å². The van der Waals surface area contributed by atoms with E-state index in [1.165, 1.54) is 12.1 Å². The van der Waals surface area contributed by atoms with Gasteiger partial charge in [0.15, 0.2) is 5.65 Å². The number of halogens is 2. The fourth-order valence-electron chi connectivity index (χ4n) is 4.24. The number of carbonyl (C=O) groups is 2. The van der Waals surface area contributed by atoms with Gasteiger partial charge in [-0.25, -0.2) is 23.3 Å². The average molecular weight is 507 g/mol. The molecule has 1 unspecified atom stereocenters. The number of nitrogens with zero attached hydrogens (tertiary/aromatic N) is 6. The van der Waals surface area contributed by atoms with Gasteiger partial charge in [-0.1, -0.05) is 6.07 Å². The van der Waals surface area contributed by atoms with Crippen molar-refractivity contribution in [3.63, 3.8) is 0 Å². The molecule has 1 aromatic carbocycles. The van der Waals surface area contributed by atoms with Crippen molar-refractivity contribution < 1.29 is 18.4 Å². The van der Waals surface area contributed by atoms with E-state index >= 15 is 0 Å². The van der Waals surface area contributed by atoms with Crippen LogP contribution >= 0.6 is 0 Å². The molecule has 12 heteroatoms. The number of carbonyl (C=O) groups excluding carboxylic acids is 2. The Morgan fingerprint density at radius 2 is 2.08 bits per heavy atom. The Kier molecular flexibility index (Phi) is 6.71. The zero-order chi connectivity index (χ0) is 25.9. The van der Waals surface area contributed by atoms with Crippen molar-refractivity contribution in [1.82, 2.24) is 29.5 Å². The molecule has 0 saturated carbocycles. The fraction of sp³-hybridized carbons (Fsp3) is 0.280. The molecule has 4 heterocycles. The molecule has 0 bridgehead atoms. The minimum atomic E-state index is -0.689. The Morgan fingerprint density at radius 3 is 2.86 bits per heavy atom. The third-order valence-corrected chi connectivity index (χ3v) is 6.11. The Morgan fingerprint density at radius 1 is 1.22 bits per heavy atom. The molecule has 190 valence electrons. The van der Waals surface area contributed by atoms with Gasteiger partial charge in [-0.2, -0.15) is 10.1 Å². The van der Waals surface area contributed by atoms with Crippen LogP contribution in [0.4, 0.5) is 20.5 Å². The number of aromatic nitrogens is 5. The highest BCUT2D eigenvalue weighted by molar-refractivity contribution is 5.90. The Balaban J connectivity index is 1.42. The summed E-state index contributed by atoms with van der Waals surface area (Å²) in [5, 5.41) is 10.1. The van der Waals surface area contributed by atoms with Crippen LogP contribution in [0.15, 0.2) is 48.9 Å². The maximum atomic E-state index is 14.4.